The molecule has 0 unspecified atom stereocenters. The minimum absolute atomic E-state index is 0.0783. The van der Waals surface area contributed by atoms with Crippen molar-refractivity contribution in [2.75, 3.05) is 0 Å². The van der Waals surface area contributed by atoms with Gasteiger partial charge < -0.3 is 4.42 Å². The van der Waals surface area contributed by atoms with Crippen LogP contribution in [0.1, 0.15) is 26.3 Å². The van der Waals surface area contributed by atoms with Gasteiger partial charge in [0.25, 0.3) is 5.82 Å². The first-order chi connectivity index (χ1) is 17.9. The lowest BCUT2D eigenvalue weighted by Crippen LogP contribution is -2.30. The van der Waals surface area contributed by atoms with Gasteiger partial charge in [-0.3, -0.25) is 0 Å². The molecule has 0 fully saturated rings. The summed E-state index contributed by atoms with van der Waals surface area (Å²) >= 11 is 0. The number of para-hydroxylation sites is 3. The van der Waals surface area contributed by atoms with Crippen LogP contribution in [-0.4, -0.2) is 19.2 Å². The second-order valence-corrected chi connectivity index (χ2v) is 7.53. The molecule has 0 saturated carbocycles. The molecule has 3 aromatic carbocycles. The Kier molecular flexibility index (Phi) is 2.44. The fourth-order valence-corrected chi connectivity index (χ4v) is 4.34. The molecule has 6 nitrogen and oxygen atoms in total. The number of aromatic nitrogens is 5. The monoisotopic (exact) mass is 415 g/mol. The molecule has 0 aliphatic heterocycles. The molecule has 3 heterocycles. The Labute approximate surface area is 188 Å². The molecular formula is C25H22N5O+. The van der Waals surface area contributed by atoms with Gasteiger partial charge >= 0.3 is 5.84 Å². The van der Waals surface area contributed by atoms with Crippen molar-refractivity contribution in [3.63, 3.8) is 0 Å². The summed E-state index contributed by atoms with van der Waals surface area (Å²) in [5.74, 6) is 0.668. The second-order valence-electron chi connectivity index (χ2n) is 7.53. The maximum absolute atomic E-state index is 8.28. The highest BCUT2D eigenvalue weighted by Crippen LogP contribution is 2.36. The standard InChI is InChI=1S/C25H22N5O/c1-15-12-13-20-23(31-25-27-26-14-29(20)25)21(15)24-28(4)18-10-5-6-11-19(18)30(24)22-16(2)8-7-9-17(22)3/h5-14H,1-4H3/q+1/i2D3,3D3,14D. The molecule has 0 N–H and O–H groups in total. The predicted molar refractivity (Wildman–Crippen MR) is 120 cm³/mol. The van der Waals surface area contributed by atoms with E-state index >= 15 is 0 Å². The summed E-state index contributed by atoms with van der Waals surface area (Å²) < 4.78 is 69.0. The Morgan fingerprint density at radius 3 is 2.58 bits per heavy atom. The van der Waals surface area contributed by atoms with Crippen LogP contribution < -0.4 is 4.57 Å². The molecule has 0 saturated heterocycles. The average molecular weight is 416 g/mol. The Morgan fingerprint density at radius 2 is 1.77 bits per heavy atom. The molecule has 0 atom stereocenters. The van der Waals surface area contributed by atoms with Gasteiger partial charge in [-0.2, -0.15) is 4.57 Å². The number of aryl methyl sites for hydroxylation is 4. The number of rotatable bonds is 2. The van der Waals surface area contributed by atoms with Crippen LogP contribution in [0.25, 0.3) is 45.1 Å². The van der Waals surface area contributed by atoms with Crippen LogP contribution in [0.2, 0.25) is 0 Å². The van der Waals surface area contributed by atoms with Crippen LogP contribution in [-0.2, 0) is 7.05 Å². The van der Waals surface area contributed by atoms with Gasteiger partial charge in [0.05, 0.1) is 12.6 Å². The fraction of sp³-hybridized carbons (Fsp3) is 0.160. The summed E-state index contributed by atoms with van der Waals surface area (Å²) in [6.45, 7) is -3.28. The summed E-state index contributed by atoms with van der Waals surface area (Å²) in [5.41, 5.74) is 3.71. The van der Waals surface area contributed by atoms with Crippen molar-refractivity contribution in [1.29, 1.82) is 0 Å². The van der Waals surface area contributed by atoms with E-state index in [0.717, 1.165) is 11.1 Å². The first-order valence-corrected chi connectivity index (χ1v) is 9.77. The lowest BCUT2D eigenvalue weighted by Gasteiger charge is -2.11. The van der Waals surface area contributed by atoms with Crippen molar-refractivity contribution in [1.82, 2.24) is 19.2 Å². The Balaban J connectivity index is 1.86. The van der Waals surface area contributed by atoms with E-state index in [1.54, 1.807) is 4.57 Å². The molecule has 6 rings (SSSR count). The molecule has 31 heavy (non-hydrogen) atoms. The maximum Gasteiger partial charge on any atom is 0.327 e. The largest absolute Gasteiger partial charge is 0.421 e. The van der Waals surface area contributed by atoms with Crippen LogP contribution in [0.4, 0.5) is 0 Å². The number of benzene rings is 3. The SMILES string of the molecule is [2H]c1nnc2oc3c(-c4n(-c5c(C([2H])([2H])[2H])cccc5C([2H])([2H])[2H])c5ccccc5[n+]4C)c(C)ccc3n12. The van der Waals surface area contributed by atoms with Crippen LogP contribution >= 0.6 is 0 Å². The zero-order valence-corrected chi connectivity index (χ0v) is 16.8. The van der Waals surface area contributed by atoms with Crippen LogP contribution in [0.5, 0.6) is 0 Å². The highest BCUT2D eigenvalue weighted by molar-refractivity contribution is 5.93. The summed E-state index contributed by atoms with van der Waals surface area (Å²) in [5, 5.41) is 7.73. The van der Waals surface area contributed by atoms with Gasteiger partial charge in [0.1, 0.15) is 18.9 Å². The zero-order chi connectivity index (χ0) is 27.1. The summed E-state index contributed by atoms with van der Waals surface area (Å²) in [4.78, 5) is 0. The molecule has 0 bridgehead atoms. The molecule has 152 valence electrons. The first-order valence-electron chi connectivity index (χ1n) is 13.3. The van der Waals surface area contributed by atoms with Crippen molar-refractivity contribution >= 4 is 28.0 Å². The Bertz CT molecular complexity index is 1860. The van der Waals surface area contributed by atoms with E-state index in [9.17, 15) is 0 Å². The first kappa shape index (κ1) is 12.1. The van der Waals surface area contributed by atoms with Crippen molar-refractivity contribution in [3.8, 4) is 17.1 Å². The zero-order valence-electron chi connectivity index (χ0n) is 23.8. The summed E-state index contributed by atoms with van der Waals surface area (Å²) in [7, 11) is 1.84. The third kappa shape index (κ3) is 2.36. The number of oxazole rings is 1. The van der Waals surface area contributed by atoms with Gasteiger partial charge in [-0.05, 0) is 55.5 Å². The third-order valence-corrected chi connectivity index (χ3v) is 5.75. The Hall–Kier alpha value is -3.93. The fourth-order valence-electron chi connectivity index (χ4n) is 4.34. The maximum atomic E-state index is 8.28. The number of hydrogen-bond acceptors (Lipinski definition) is 3. The predicted octanol–water partition coefficient (Wildman–Crippen LogP) is 4.84. The van der Waals surface area contributed by atoms with E-state index < -0.39 is 13.7 Å². The molecular weight excluding hydrogens is 386 g/mol. The van der Waals surface area contributed by atoms with E-state index in [1.807, 2.05) is 54.9 Å². The minimum Gasteiger partial charge on any atom is -0.421 e. The molecule has 6 aromatic rings. The van der Waals surface area contributed by atoms with Gasteiger partial charge in [0.2, 0.25) is 0 Å². The number of nitrogens with zero attached hydrogens (tertiary/aromatic N) is 5. The number of imidazole rings is 1. The number of fused-ring (bicyclic) bond motifs is 4. The molecule has 6 heteroatoms. The van der Waals surface area contributed by atoms with Crippen LogP contribution in [0, 0.1) is 20.6 Å². The lowest BCUT2D eigenvalue weighted by atomic mass is 10.0. The molecule has 0 radical (unpaired) electrons. The third-order valence-electron chi connectivity index (χ3n) is 5.75. The van der Waals surface area contributed by atoms with Gasteiger partial charge in [0, 0.05) is 8.22 Å². The van der Waals surface area contributed by atoms with Crippen molar-refractivity contribution < 1.29 is 18.6 Å². The van der Waals surface area contributed by atoms with Gasteiger partial charge in [-0.25, -0.2) is 8.97 Å². The van der Waals surface area contributed by atoms with Crippen molar-refractivity contribution in [2.24, 2.45) is 7.05 Å². The second kappa shape index (κ2) is 6.28. The Morgan fingerprint density at radius 1 is 0.968 bits per heavy atom. The smallest absolute Gasteiger partial charge is 0.327 e. The highest BCUT2D eigenvalue weighted by atomic mass is 16.4. The lowest BCUT2D eigenvalue weighted by molar-refractivity contribution is -0.633. The van der Waals surface area contributed by atoms with Gasteiger partial charge in [-0.15, -0.1) is 5.10 Å². The average Bonchev–Trinajstić information content (AvgIpc) is 3.49. The normalized spacial score (nSPS) is 16.0. The molecule has 0 amide bonds. The van der Waals surface area contributed by atoms with Crippen LogP contribution in [0.15, 0.2) is 65.3 Å². The molecule has 0 aliphatic carbocycles. The minimum atomic E-state index is -2.59. The van der Waals surface area contributed by atoms with E-state index in [0.29, 0.717) is 28.0 Å². The highest BCUT2D eigenvalue weighted by Gasteiger charge is 2.31. The van der Waals surface area contributed by atoms with Gasteiger partial charge in [-0.1, -0.05) is 41.5 Å². The van der Waals surface area contributed by atoms with Crippen molar-refractivity contribution in [3.05, 3.63) is 77.6 Å². The quantitative estimate of drug-likeness (QED) is 0.381. The number of hydrogen-bond donors (Lipinski definition) is 0. The molecule has 3 aromatic heterocycles. The van der Waals surface area contributed by atoms with Gasteiger partial charge in [0.15, 0.2) is 16.6 Å². The van der Waals surface area contributed by atoms with E-state index in [1.165, 1.54) is 22.6 Å². The molecule has 0 spiro atoms. The summed E-state index contributed by atoms with van der Waals surface area (Å²) in [6, 6.07) is 15.4. The van der Waals surface area contributed by atoms with Crippen LogP contribution in [0.3, 0.4) is 0 Å². The van der Waals surface area contributed by atoms with E-state index in [4.69, 9.17) is 14.0 Å². The van der Waals surface area contributed by atoms with Crippen molar-refractivity contribution in [2.45, 2.75) is 20.6 Å². The van der Waals surface area contributed by atoms with E-state index in [2.05, 4.69) is 10.2 Å². The topological polar surface area (TPSA) is 52.1 Å². The summed E-state index contributed by atoms with van der Waals surface area (Å²) in [6.07, 6.45) is -0.0871. The molecule has 0 aliphatic rings. The van der Waals surface area contributed by atoms with E-state index in [-0.39, 0.29) is 29.0 Å².